The fourth-order valence-corrected chi connectivity index (χ4v) is 3.28. The van der Waals surface area contributed by atoms with Gasteiger partial charge in [-0.3, -0.25) is 9.59 Å². The van der Waals surface area contributed by atoms with Crippen LogP contribution in [0.3, 0.4) is 0 Å². The molecule has 1 amide bonds. The molecule has 0 radical (unpaired) electrons. The molecule has 3 heteroatoms. The number of benzene rings is 2. The molecule has 1 aliphatic heterocycles. The first-order valence-electron chi connectivity index (χ1n) is 8.59. The maximum absolute atomic E-state index is 13.0. The second kappa shape index (κ2) is 7.00. The molecular weight excluding hydrogens is 298 g/mol. The molecule has 1 saturated heterocycles. The summed E-state index contributed by atoms with van der Waals surface area (Å²) in [5.74, 6) is -0.123. The van der Waals surface area contributed by atoms with Crippen LogP contribution in [-0.2, 0) is 0 Å². The van der Waals surface area contributed by atoms with Crippen molar-refractivity contribution >= 4 is 11.7 Å². The van der Waals surface area contributed by atoms with Gasteiger partial charge in [-0.1, -0.05) is 48.0 Å². The van der Waals surface area contributed by atoms with Gasteiger partial charge in [0.25, 0.3) is 5.91 Å². The van der Waals surface area contributed by atoms with E-state index < -0.39 is 0 Å². The van der Waals surface area contributed by atoms with E-state index in [4.69, 9.17) is 0 Å². The zero-order valence-corrected chi connectivity index (χ0v) is 14.3. The molecule has 1 fully saturated rings. The minimum Gasteiger partial charge on any atom is -0.336 e. The Kier molecular flexibility index (Phi) is 4.79. The van der Waals surface area contributed by atoms with Crippen molar-refractivity contribution < 1.29 is 9.59 Å². The second-order valence-corrected chi connectivity index (χ2v) is 6.58. The number of aryl methyl sites for hydroxylation is 1. The van der Waals surface area contributed by atoms with E-state index in [1.165, 1.54) is 0 Å². The molecule has 24 heavy (non-hydrogen) atoms. The van der Waals surface area contributed by atoms with E-state index in [1.54, 1.807) is 12.1 Å². The Morgan fingerprint density at radius 3 is 2.29 bits per heavy atom. The van der Waals surface area contributed by atoms with Crippen molar-refractivity contribution in [3.8, 4) is 0 Å². The Hall–Kier alpha value is -2.42. The fraction of sp³-hybridized carbons (Fsp3) is 0.333. The van der Waals surface area contributed by atoms with Gasteiger partial charge in [0.1, 0.15) is 0 Å². The molecule has 1 unspecified atom stereocenters. The molecule has 0 N–H and O–H groups in total. The number of amides is 1. The molecule has 1 atom stereocenters. The Labute approximate surface area is 143 Å². The number of likely N-dealkylation sites (tertiary alicyclic amines) is 1. The quantitative estimate of drug-likeness (QED) is 0.793. The summed E-state index contributed by atoms with van der Waals surface area (Å²) < 4.78 is 0. The summed E-state index contributed by atoms with van der Waals surface area (Å²) in [6, 6.07) is 14.9. The monoisotopic (exact) mass is 321 g/mol. The van der Waals surface area contributed by atoms with Crippen molar-refractivity contribution in [2.75, 3.05) is 6.54 Å². The van der Waals surface area contributed by atoms with Crippen LogP contribution < -0.4 is 0 Å². The van der Waals surface area contributed by atoms with Gasteiger partial charge in [0.2, 0.25) is 0 Å². The molecule has 1 heterocycles. The SMILES string of the molecule is Cc1ccc(C(=O)c2ccccc2C(=O)N2CCCCC2C)cc1. The van der Waals surface area contributed by atoms with Crippen molar-refractivity contribution in [2.24, 2.45) is 0 Å². The topological polar surface area (TPSA) is 37.4 Å². The number of ketones is 1. The number of piperidine rings is 1. The van der Waals surface area contributed by atoms with Crippen molar-refractivity contribution in [1.82, 2.24) is 4.90 Å². The third kappa shape index (κ3) is 3.25. The first-order valence-corrected chi connectivity index (χ1v) is 8.59. The number of hydrogen-bond acceptors (Lipinski definition) is 2. The average Bonchev–Trinajstić information content (AvgIpc) is 2.61. The fourth-order valence-electron chi connectivity index (χ4n) is 3.28. The highest BCUT2D eigenvalue weighted by molar-refractivity contribution is 6.15. The van der Waals surface area contributed by atoms with Gasteiger partial charge in [-0.25, -0.2) is 0 Å². The molecule has 124 valence electrons. The summed E-state index contributed by atoms with van der Waals surface area (Å²) in [6.07, 6.45) is 3.22. The standard InChI is InChI=1S/C21H23NO2/c1-15-10-12-17(13-11-15)20(23)18-8-3-4-9-19(18)21(24)22-14-6-5-7-16(22)2/h3-4,8-13,16H,5-7,14H2,1-2H3. The van der Waals surface area contributed by atoms with E-state index in [0.29, 0.717) is 16.7 Å². The van der Waals surface area contributed by atoms with E-state index in [1.807, 2.05) is 48.2 Å². The summed E-state index contributed by atoms with van der Waals surface area (Å²) in [6.45, 7) is 4.85. The number of nitrogens with zero attached hydrogens (tertiary/aromatic N) is 1. The van der Waals surface area contributed by atoms with Crippen molar-refractivity contribution in [1.29, 1.82) is 0 Å². The third-order valence-electron chi connectivity index (χ3n) is 4.78. The molecule has 0 saturated carbocycles. The van der Waals surface area contributed by atoms with Gasteiger partial charge in [-0.2, -0.15) is 0 Å². The molecule has 2 aromatic rings. The van der Waals surface area contributed by atoms with E-state index >= 15 is 0 Å². The van der Waals surface area contributed by atoms with Crippen LogP contribution in [-0.4, -0.2) is 29.2 Å². The lowest BCUT2D eigenvalue weighted by Crippen LogP contribution is -2.42. The van der Waals surface area contributed by atoms with Crippen LogP contribution in [0.15, 0.2) is 48.5 Å². The predicted octanol–water partition coefficient (Wildman–Crippen LogP) is 4.24. The molecule has 0 aliphatic carbocycles. The molecule has 3 rings (SSSR count). The lowest BCUT2D eigenvalue weighted by molar-refractivity contribution is 0.0632. The van der Waals surface area contributed by atoms with Crippen LogP contribution in [0.2, 0.25) is 0 Å². The minimum atomic E-state index is -0.0939. The van der Waals surface area contributed by atoms with Gasteiger partial charge in [0.15, 0.2) is 5.78 Å². The predicted molar refractivity (Wildman–Crippen MR) is 95.4 cm³/mol. The number of carbonyl (C=O) groups excluding carboxylic acids is 2. The van der Waals surface area contributed by atoms with Gasteiger partial charge in [0.05, 0.1) is 5.56 Å². The highest BCUT2D eigenvalue weighted by atomic mass is 16.2. The average molecular weight is 321 g/mol. The zero-order valence-electron chi connectivity index (χ0n) is 14.3. The molecular formula is C21H23NO2. The molecule has 0 aromatic heterocycles. The lowest BCUT2D eigenvalue weighted by Gasteiger charge is -2.33. The highest BCUT2D eigenvalue weighted by Crippen LogP contribution is 2.22. The first kappa shape index (κ1) is 16.4. The number of hydrogen-bond donors (Lipinski definition) is 0. The first-order chi connectivity index (χ1) is 11.6. The maximum Gasteiger partial charge on any atom is 0.254 e. The molecule has 1 aliphatic rings. The summed E-state index contributed by atoms with van der Waals surface area (Å²) in [4.78, 5) is 27.8. The summed E-state index contributed by atoms with van der Waals surface area (Å²) in [5, 5.41) is 0. The third-order valence-corrected chi connectivity index (χ3v) is 4.78. The van der Waals surface area contributed by atoms with Gasteiger partial charge < -0.3 is 4.90 Å². The maximum atomic E-state index is 13.0. The Morgan fingerprint density at radius 2 is 1.62 bits per heavy atom. The molecule has 0 bridgehead atoms. The summed E-state index contributed by atoms with van der Waals surface area (Å²) >= 11 is 0. The van der Waals surface area contributed by atoms with Crippen LogP contribution >= 0.6 is 0 Å². The van der Waals surface area contributed by atoms with Crippen LogP contribution in [0.5, 0.6) is 0 Å². The number of carbonyl (C=O) groups is 2. The molecule has 2 aromatic carbocycles. The van der Waals surface area contributed by atoms with E-state index in [9.17, 15) is 9.59 Å². The van der Waals surface area contributed by atoms with Crippen molar-refractivity contribution in [3.05, 3.63) is 70.8 Å². The largest absolute Gasteiger partial charge is 0.336 e. The zero-order chi connectivity index (χ0) is 17.1. The van der Waals surface area contributed by atoms with Crippen molar-refractivity contribution in [2.45, 2.75) is 39.2 Å². The van der Waals surface area contributed by atoms with Crippen LogP contribution in [0.1, 0.15) is 58.0 Å². The minimum absolute atomic E-state index is 0.0294. The Balaban J connectivity index is 1.94. The lowest BCUT2D eigenvalue weighted by atomic mass is 9.95. The number of rotatable bonds is 3. The van der Waals surface area contributed by atoms with E-state index in [0.717, 1.165) is 31.4 Å². The smallest absolute Gasteiger partial charge is 0.254 e. The highest BCUT2D eigenvalue weighted by Gasteiger charge is 2.27. The van der Waals surface area contributed by atoms with E-state index in [-0.39, 0.29) is 17.7 Å². The van der Waals surface area contributed by atoms with Gasteiger partial charge in [0, 0.05) is 23.7 Å². The Morgan fingerprint density at radius 1 is 0.958 bits per heavy atom. The van der Waals surface area contributed by atoms with Gasteiger partial charge >= 0.3 is 0 Å². The second-order valence-electron chi connectivity index (χ2n) is 6.58. The Bertz CT molecular complexity index is 749. The van der Waals surface area contributed by atoms with Crippen LogP contribution in [0, 0.1) is 6.92 Å². The normalized spacial score (nSPS) is 17.6. The summed E-state index contributed by atoms with van der Waals surface area (Å²) in [7, 11) is 0. The summed E-state index contributed by atoms with van der Waals surface area (Å²) in [5.41, 5.74) is 2.73. The van der Waals surface area contributed by atoms with Crippen LogP contribution in [0.4, 0.5) is 0 Å². The molecule has 3 nitrogen and oxygen atoms in total. The molecule has 0 spiro atoms. The van der Waals surface area contributed by atoms with E-state index in [2.05, 4.69) is 6.92 Å². The van der Waals surface area contributed by atoms with Crippen molar-refractivity contribution in [3.63, 3.8) is 0 Å². The van der Waals surface area contributed by atoms with Gasteiger partial charge in [-0.05, 0) is 39.2 Å². The van der Waals surface area contributed by atoms with Crippen LogP contribution in [0.25, 0.3) is 0 Å². The van der Waals surface area contributed by atoms with Gasteiger partial charge in [-0.15, -0.1) is 0 Å².